The van der Waals surface area contributed by atoms with Crippen molar-refractivity contribution in [3.05, 3.63) is 73.8 Å². The highest BCUT2D eigenvalue weighted by Gasteiger charge is 2.15. The summed E-state index contributed by atoms with van der Waals surface area (Å²) < 4.78 is 4.84. The van der Waals surface area contributed by atoms with E-state index in [1.54, 1.807) is 18.2 Å². The van der Waals surface area contributed by atoms with Gasteiger partial charge in [0.25, 0.3) is 11.6 Å². The summed E-state index contributed by atoms with van der Waals surface area (Å²) in [5, 5.41) is 14.1. The fourth-order valence-corrected chi connectivity index (χ4v) is 2.41. The Labute approximate surface area is 164 Å². The minimum atomic E-state index is -0.730. The summed E-state index contributed by atoms with van der Waals surface area (Å²) in [7, 11) is 0. The molecule has 0 unspecified atom stereocenters. The van der Waals surface area contributed by atoms with Crippen molar-refractivity contribution in [2.24, 2.45) is 0 Å². The van der Waals surface area contributed by atoms with E-state index in [0.29, 0.717) is 21.2 Å². The van der Waals surface area contributed by atoms with Gasteiger partial charge in [0.15, 0.2) is 6.61 Å². The Balaban J connectivity index is 1.91. The van der Waals surface area contributed by atoms with Crippen LogP contribution in [0.25, 0.3) is 6.08 Å². The Morgan fingerprint density at radius 3 is 2.63 bits per heavy atom. The number of anilines is 1. The molecule has 0 spiro atoms. The van der Waals surface area contributed by atoms with Gasteiger partial charge in [-0.25, -0.2) is 4.79 Å². The Kier molecular flexibility index (Phi) is 6.92. The van der Waals surface area contributed by atoms with Crippen molar-refractivity contribution < 1.29 is 19.2 Å². The van der Waals surface area contributed by atoms with Crippen molar-refractivity contribution in [2.45, 2.75) is 6.92 Å². The van der Waals surface area contributed by atoms with Crippen LogP contribution in [0.2, 0.25) is 10.0 Å². The summed E-state index contributed by atoms with van der Waals surface area (Å²) in [5.74, 6) is -1.35. The van der Waals surface area contributed by atoms with Gasteiger partial charge in [-0.2, -0.15) is 0 Å². The molecule has 1 amide bonds. The van der Waals surface area contributed by atoms with E-state index in [9.17, 15) is 19.7 Å². The molecule has 0 bridgehead atoms. The molecule has 0 heterocycles. The number of nitrogens with one attached hydrogen (secondary N) is 1. The first-order chi connectivity index (χ1) is 12.8. The van der Waals surface area contributed by atoms with Crippen LogP contribution in [-0.4, -0.2) is 23.4 Å². The van der Waals surface area contributed by atoms with Crippen LogP contribution < -0.4 is 5.32 Å². The minimum absolute atomic E-state index is 0.116. The lowest BCUT2D eigenvalue weighted by molar-refractivity contribution is -0.385. The molecule has 0 aliphatic carbocycles. The van der Waals surface area contributed by atoms with Crippen molar-refractivity contribution in [3.8, 4) is 0 Å². The average molecular weight is 409 g/mol. The van der Waals surface area contributed by atoms with Crippen LogP contribution in [0.5, 0.6) is 0 Å². The van der Waals surface area contributed by atoms with Gasteiger partial charge < -0.3 is 10.1 Å². The number of halogens is 2. The molecule has 0 atom stereocenters. The van der Waals surface area contributed by atoms with Crippen LogP contribution in [-0.2, 0) is 14.3 Å². The lowest BCUT2D eigenvalue weighted by Gasteiger charge is -2.08. The molecule has 9 heteroatoms. The van der Waals surface area contributed by atoms with Crippen molar-refractivity contribution in [1.82, 2.24) is 0 Å². The maximum absolute atomic E-state index is 11.9. The standard InChI is InChI=1S/C18H14Cl2N2O5/c1-11-15(3-2-4-16(11)22(25)26)21-17(23)10-27-18(24)8-6-12-5-7-13(19)14(20)9-12/h2-9H,10H2,1H3,(H,21,23)/b8-6+. The highest BCUT2D eigenvalue weighted by Crippen LogP contribution is 2.25. The van der Waals surface area contributed by atoms with Crippen LogP contribution in [0.3, 0.4) is 0 Å². The van der Waals surface area contributed by atoms with Crippen LogP contribution in [0.15, 0.2) is 42.5 Å². The van der Waals surface area contributed by atoms with Gasteiger partial charge in [-0.05, 0) is 36.8 Å². The second-order valence-electron chi connectivity index (χ2n) is 5.37. The molecule has 1 N–H and O–H groups in total. The number of benzene rings is 2. The average Bonchev–Trinajstić information content (AvgIpc) is 2.62. The number of amides is 1. The summed E-state index contributed by atoms with van der Waals surface area (Å²) >= 11 is 11.7. The molecule has 0 saturated carbocycles. The first kappa shape index (κ1) is 20.4. The van der Waals surface area contributed by atoms with Gasteiger partial charge in [-0.1, -0.05) is 35.3 Å². The van der Waals surface area contributed by atoms with Crippen LogP contribution in [0, 0.1) is 17.0 Å². The van der Waals surface area contributed by atoms with E-state index in [-0.39, 0.29) is 11.4 Å². The predicted molar refractivity (Wildman–Crippen MR) is 103 cm³/mol. The number of ether oxygens (including phenoxy) is 1. The third-order valence-corrected chi connectivity index (χ3v) is 4.22. The quantitative estimate of drug-likeness (QED) is 0.330. The monoisotopic (exact) mass is 408 g/mol. The van der Waals surface area contributed by atoms with Crippen molar-refractivity contribution in [3.63, 3.8) is 0 Å². The molecular formula is C18H14Cl2N2O5. The van der Waals surface area contributed by atoms with Gasteiger partial charge in [0.05, 0.1) is 26.2 Å². The molecule has 0 aromatic heterocycles. The first-order valence-corrected chi connectivity index (χ1v) is 8.37. The fourth-order valence-electron chi connectivity index (χ4n) is 2.11. The van der Waals surface area contributed by atoms with E-state index >= 15 is 0 Å². The number of carbonyl (C=O) groups excluding carboxylic acids is 2. The Morgan fingerprint density at radius 2 is 1.96 bits per heavy atom. The molecule has 27 heavy (non-hydrogen) atoms. The fraction of sp³-hybridized carbons (Fsp3) is 0.111. The van der Waals surface area contributed by atoms with Crippen molar-refractivity contribution in [1.29, 1.82) is 0 Å². The van der Waals surface area contributed by atoms with Crippen LogP contribution in [0.1, 0.15) is 11.1 Å². The Morgan fingerprint density at radius 1 is 1.22 bits per heavy atom. The summed E-state index contributed by atoms with van der Waals surface area (Å²) in [6, 6.07) is 9.13. The smallest absolute Gasteiger partial charge is 0.331 e. The van der Waals surface area contributed by atoms with E-state index in [4.69, 9.17) is 27.9 Å². The lowest BCUT2D eigenvalue weighted by Crippen LogP contribution is -2.20. The highest BCUT2D eigenvalue weighted by atomic mass is 35.5. The van der Waals surface area contributed by atoms with Gasteiger partial charge in [-0.15, -0.1) is 0 Å². The largest absolute Gasteiger partial charge is 0.452 e. The van der Waals surface area contributed by atoms with E-state index in [1.165, 1.54) is 31.2 Å². The van der Waals surface area contributed by atoms with E-state index in [2.05, 4.69) is 5.32 Å². The number of nitrogens with zero attached hydrogens (tertiary/aromatic N) is 1. The number of nitro benzene ring substituents is 1. The Hall–Kier alpha value is -2.90. The second kappa shape index (κ2) is 9.16. The summed E-state index contributed by atoms with van der Waals surface area (Å²) in [6.45, 7) is 0.979. The number of carbonyl (C=O) groups is 2. The molecule has 7 nitrogen and oxygen atoms in total. The van der Waals surface area contributed by atoms with Gasteiger partial charge in [0.1, 0.15) is 0 Å². The van der Waals surface area contributed by atoms with Gasteiger partial charge >= 0.3 is 5.97 Å². The number of rotatable bonds is 6. The second-order valence-corrected chi connectivity index (χ2v) is 6.18. The van der Waals surface area contributed by atoms with Crippen molar-refractivity contribution >= 4 is 52.5 Å². The third kappa shape index (κ3) is 5.80. The predicted octanol–water partition coefficient (Wildman–Crippen LogP) is 4.41. The lowest BCUT2D eigenvalue weighted by atomic mass is 10.1. The number of esters is 1. The normalized spacial score (nSPS) is 10.6. The molecule has 0 fully saturated rings. The van der Waals surface area contributed by atoms with Gasteiger partial charge in [0, 0.05) is 12.1 Å². The summed E-state index contributed by atoms with van der Waals surface area (Å²) in [5.41, 5.74) is 1.10. The zero-order valence-corrected chi connectivity index (χ0v) is 15.6. The molecule has 0 aliphatic heterocycles. The highest BCUT2D eigenvalue weighted by molar-refractivity contribution is 6.42. The topological polar surface area (TPSA) is 98.5 Å². The molecule has 0 saturated heterocycles. The molecule has 2 aromatic carbocycles. The molecule has 0 radical (unpaired) electrons. The third-order valence-electron chi connectivity index (χ3n) is 3.48. The minimum Gasteiger partial charge on any atom is -0.452 e. The molecule has 2 rings (SSSR count). The van der Waals surface area contributed by atoms with Crippen LogP contribution >= 0.6 is 23.2 Å². The first-order valence-electron chi connectivity index (χ1n) is 7.61. The van der Waals surface area contributed by atoms with Gasteiger partial charge in [0.2, 0.25) is 0 Å². The van der Waals surface area contributed by atoms with E-state index in [0.717, 1.165) is 6.08 Å². The molecule has 2 aromatic rings. The zero-order chi connectivity index (χ0) is 20.0. The van der Waals surface area contributed by atoms with Crippen molar-refractivity contribution in [2.75, 3.05) is 11.9 Å². The molecular weight excluding hydrogens is 395 g/mol. The summed E-state index contributed by atoms with van der Waals surface area (Å²) in [6.07, 6.45) is 2.61. The number of hydrogen-bond acceptors (Lipinski definition) is 5. The molecule has 0 aliphatic rings. The van der Waals surface area contributed by atoms with E-state index < -0.39 is 23.4 Å². The Bertz CT molecular complexity index is 928. The number of hydrogen-bond donors (Lipinski definition) is 1. The number of nitro groups is 1. The van der Waals surface area contributed by atoms with E-state index in [1.807, 2.05) is 0 Å². The maximum Gasteiger partial charge on any atom is 0.331 e. The molecule has 140 valence electrons. The summed E-state index contributed by atoms with van der Waals surface area (Å²) in [4.78, 5) is 34.0. The van der Waals surface area contributed by atoms with Gasteiger partial charge in [-0.3, -0.25) is 14.9 Å². The van der Waals surface area contributed by atoms with Crippen LogP contribution in [0.4, 0.5) is 11.4 Å². The zero-order valence-electron chi connectivity index (χ0n) is 14.1. The SMILES string of the molecule is Cc1c(NC(=O)COC(=O)/C=C/c2ccc(Cl)c(Cl)c2)cccc1[N+](=O)[O-]. The maximum atomic E-state index is 11.9.